The van der Waals surface area contributed by atoms with Crippen molar-refractivity contribution in [2.75, 3.05) is 18.4 Å². The molecular weight excluding hydrogens is 374 g/mol. The molecule has 3 aromatic rings. The van der Waals surface area contributed by atoms with Crippen LogP contribution in [0.3, 0.4) is 0 Å². The van der Waals surface area contributed by atoms with E-state index >= 15 is 0 Å². The summed E-state index contributed by atoms with van der Waals surface area (Å²) in [6.07, 6.45) is 3.68. The van der Waals surface area contributed by atoms with Gasteiger partial charge < -0.3 is 10.2 Å². The number of nitriles is 1. The second kappa shape index (κ2) is 8.75. The van der Waals surface area contributed by atoms with E-state index in [1.54, 1.807) is 30.5 Å². The standard InChI is InChI=1S/C24H23N5O/c1-17-5-2-3-7-21(17)27-24-26-13-12-22(28-24)20-6-4-14-29(16-20)23(30)19-10-8-18(15-25)9-11-19/h2-3,5,7-13,20H,4,6,14,16H2,1H3,(H,26,27,28). The molecule has 30 heavy (non-hydrogen) atoms. The van der Waals surface area contributed by atoms with E-state index in [-0.39, 0.29) is 11.8 Å². The molecule has 1 N–H and O–H groups in total. The van der Waals surface area contributed by atoms with Crippen LogP contribution in [-0.2, 0) is 0 Å². The predicted octanol–water partition coefficient (Wildman–Crippen LogP) is 4.42. The zero-order valence-electron chi connectivity index (χ0n) is 16.9. The molecule has 150 valence electrons. The van der Waals surface area contributed by atoms with Crippen LogP contribution in [0.4, 0.5) is 11.6 Å². The smallest absolute Gasteiger partial charge is 0.253 e. The fourth-order valence-corrected chi connectivity index (χ4v) is 3.77. The molecule has 1 atom stereocenters. The zero-order chi connectivity index (χ0) is 20.9. The summed E-state index contributed by atoms with van der Waals surface area (Å²) in [4.78, 5) is 23.9. The Labute approximate surface area is 176 Å². The fourth-order valence-electron chi connectivity index (χ4n) is 3.77. The minimum Gasteiger partial charge on any atom is -0.338 e. The van der Waals surface area contributed by atoms with E-state index in [0.717, 1.165) is 36.3 Å². The highest BCUT2D eigenvalue weighted by atomic mass is 16.2. The molecule has 2 heterocycles. The minimum absolute atomic E-state index is 0.00324. The molecule has 1 aliphatic rings. The van der Waals surface area contributed by atoms with Crippen LogP contribution in [0.2, 0.25) is 0 Å². The molecule has 1 unspecified atom stereocenters. The van der Waals surface area contributed by atoms with Gasteiger partial charge in [-0.3, -0.25) is 4.79 Å². The van der Waals surface area contributed by atoms with Crippen molar-refractivity contribution in [2.24, 2.45) is 0 Å². The van der Waals surface area contributed by atoms with Gasteiger partial charge in [0, 0.05) is 36.5 Å². The quantitative estimate of drug-likeness (QED) is 0.705. The number of para-hydroxylation sites is 1. The monoisotopic (exact) mass is 397 g/mol. The third kappa shape index (κ3) is 4.31. The maximum atomic E-state index is 12.9. The number of anilines is 2. The summed E-state index contributed by atoms with van der Waals surface area (Å²) in [6, 6.07) is 18.8. The van der Waals surface area contributed by atoms with Crippen molar-refractivity contribution in [1.29, 1.82) is 5.26 Å². The number of hydrogen-bond donors (Lipinski definition) is 1. The second-order valence-electron chi connectivity index (χ2n) is 7.52. The zero-order valence-corrected chi connectivity index (χ0v) is 16.9. The molecule has 0 bridgehead atoms. The van der Waals surface area contributed by atoms with Crippen LogP contribution in [-0.4, -0.2) is 33.9 Å². The highest BCUT2D eigenvalue weighted by Gasteiger charge is 2.26. The molecule has 4 rings (SSSR count). The van der Waals surface area contributed by atoms with Crippen molar-refractivity contribution in [3.63, 3.8) is 0 Å². The van der Waals surface area contributed by atoms with E-state index in [2.05, 4.69) is 16.4 Å². The summed E-state index contributed by atoms with van der Waals surface area (Å²) in [5.41, 5.74) is 4.22. The normalized spacial score (nSPS) is 16.0. The van der Waals surface area contributed by atoms with Gasteiger partial charge in [0.25, 0.3) is 5.91 Å². The Balaban J connectivity index is 1.48. The molecule has 0 spiro atoms. The molecule has 2 aromatic carbocycles. The maximum absolute atomic E-state index is 12.9. The third-order valence-electron chi connectivity index (χ3n) is 5.46. The molecule has 1 aliphatic heterocycles. The third-order valence-corrected chi connectivity index (χ3v) is 5.46. The summed E-state index contributed by atoms with van der Waals surface area (Å²) in [5, 5.41) is 12.2. The molecule has 1 aromatic heterocycles. The van der Waals surface area contributed by atoms with Gasteiger partial charge in [0.1, 0.15) is 0 Å². The van der Waals surface area contributed by atoms with Crippen LogP contribution in [0.25, 0.3) is 0 Å². The number of rotatable bonds is 4. The van der Waals surface area contributed by atoms with E-state index in [4.69, 9.17) is 10.2 Å². The van der Waals surface area contributed by atoms with Crippen molar-refractivity contribution < 1.29 is 4.79 Å². The Bertz CT molecular complexity index is 1090. The van der Waals surface area contributed by atoms with Crippen molar-refractivity contribution in [3.8, 4) is 6.07 Å². The lowest BCUT2D eigenvalue weighted by Crippen LogP contribution is -2.39. The lowest BCUT2D eigenvalue weighted by Gasteiger charge is -2.32. The Hall–Kier alpha value is -3.72. The lowest BCUT2D eigenvalue weighted by molar-refractivity contribution is 0.0706. The molecule has 1 fully saturated rings. The molecule has 0 radical (unpaired) electrons. The summed E-state index contributed by atoms with van der Waals surface area (Å²) in [7, 11) is 0. The first kappa shape index (κ1) is 19.6. The van der Waals surface area contributed by atoms with Gasteiger partial charge in [-0.15, -0.1) is 0 Å². The first-order valence-electron chi connectivity index (χ1n) is 10.1. The van der Waals surface area contributed by atoms with Crippen molar-refractivity contribution in [1.82, 2.24) is 14.9 Å². The summed E-state index contributed by atoms with van der Waals surface area (Å²) in [6.45, 7) is 3.40. The van der Waals surface area contributed by atoms with Gasteiger partial charge in [0.05, 0.1) is 17.3 Å². The number of carbonyl (C=O) groups is 1. The highest BCUT2D eigenvalue weighted by Crippen LogP contribution is 2.27. The number of amides is 1. The molecule has 0 aliphatic carbocycles. The van der Waals surface area contributed by atoms with Gasteiger partial charge >= 0.3 is 0 Å². The van der Waals surface area contributed by atoms with Crippen LogP contribution < -0.4 is 5.32 Å². The average Bonchev–Trinajstić information content (AvgIpc) is 2.80. The van der Waals surface area contributed by atoms with Gasteiger partial charge in [0.15, 0.2) is 0 Å². The summed E-state index contributed by atoms with van der Waals surface area (Å²) >= 11 is 0. The van der Waals surface area contributed by atoms with Crippen LogP contribution in [0.15, 0.2) is 60.8 Å². The lowest BCUT2D eigenvalue weighted by atomic mass is 9.94. The molecule has 1 saturated heterocycles. The molecule has 0 saturated carbocycles. The Morgan fingerprint density at radius 2 is 1.97 bits per heavy atom. The number of likely N-dealkylation sites (tertiary alicyclic amines) is 1. The van der Waals surface area contributed by atoms with Crippen molar-refractivity contribution >= 4 is 17.5 Å². The average molecular weight is 397 g/mol. The van der Waals surface area contributed by atoms with Gasteiger partial charge in [-0.05, 0) is 61.7 Å². The first-order chi connectivity index (χ1) is 14.6. The number of aromatic nitrogens is 2. The number of hydrogen-bond acceptors (Lipinski definition) is 5. The topological polar surface area (TPSA) is 81.9 Å². The Kier molecular flexibility index (Phi) is 5.71. The highest BCUT2D eigenvalue weighted by molar-refractivity contribution is 5.94. The van der Waals surface area contributed by atoms with E-state index in [1.165, 1.54) is 0 Å². The first-order valence-corrected chi connectivity index (χ1v) is 10.1. The minimum atomic E-state index is -0.00324. The Morgan fingerprint density at radius 1 is 1.17 bits per heavy atom. The Morgan fingerprint density at radius 3 is 2.73 bits per heavy atom. The van der Waals surface area contributed by atoms with E-state index in [1.807, 2.05) is 42.2 Å². The van der Waals surface area contributed by atoms with E-state index in [0.29, 0.717) is 23.6 Å². The van der Waals surface area contributed by atoms with Gasteiger partial charge in [0.2, 0.25) is 5.95 Å². The van der Waals surface area contributed by atoms with Crippen molar-refractivity contribution in [3.05, 3.63) is 83.2 Å². The van der Waals surface area contributed by atoms with E-state index < -0.39 is 0 Å². The predicted molar refractivity (Wildman–Crippen MR) is 116 cm³/mol. The number of piperidine rings is 1. The number of benzene rings is 2. The van der Waals surface area contributed by atoms with Gasteiger partial charge in [-0.2, -0.15) is 5.26 Å². The number of aryl methyl sites for hydroxylation is 1. The number of nitrogens with zero attached hydrogens (tertiary/aromatic N) is 4. The molecule has 6 nitrogen and oxygen atoms in total. The number of nitrogens with one attached hydrogen (secondary N) is 1. The van der Waals surface area contributed by atoms with Crippen LogP contribution >= 0.6 is 0 Å². The van der Waals surface area contributed by atoms with Crippen LogP contribution in [0.1, 0.15) is 45.9 Å². The second-order valence-corrected chi connectivity index (χ2v) is 7.52. The molecule has 1 amide bonds. The van der Waals surface area contributed by atoms with Crippen molar-refractivity contribution in [2.45, 2.75) is 25.7 Å². The largest absolute Gasteiger partial charge is 0.338 e. The van der Waals surface area contributed by atoms with E-state index in [9.17, 15) is 4.79 Å². The van der Waals surface area contributed by atoms with Crippen LogP contribution in [0.5, 0.6) is 0 Å². The maximum Gasteiger partial charge on any atom is 0.253 e. The number of carbonyl (C=O) groups excluding carboxylic acids is 1. The van der Waals surface area contributed by atoms with Crippen LogP contribution in [0, 0.1) is 18.3 Å². The molecule has 6 heteroatoms. The summed E-state index contributed by atoms with van der Waals surface area (Å²) < 4.78 is 0. The summed E-state index contributed by atoms with van der Waals surface area (Å²) in [5.74, 6) is 0.732. The SMILES string of the molecule is Cc1ccccc1Nc1nccc(C2CCCN(C(=O)c3ccc(C#N)cc3)C2)n1. The van der Waals surface area contributed by atoms with Gasteiger partial charge in [-0.25, -0.2) is 9.97 Å². The molecular formula is C24H23N5O. The van der Waals surface area contributed by atoms with Gasteiger partial charge in [-0.1, -0.05) is 18.2 Å². The fraction of sp³-hybridized carbons (Fsp3) is 0.250.